The molecule has 60 heteroatoms. The monoisotopic (exact) mass is 1820 g/mol. The molecule has 15 fully saturated rings. The summed E-state index contributed by atoms with van der Waals surface area (Å²) in [6.45, 7) is 7.92. The van der Waals surface area contributed by atoms with Gasteiger partial charge in [-0.15, -0.1) is 21.4 Å². The van der Waals surface area contributed by atoms with Crippen LogP contribution in [0.25, 0.3) is 0 Å². The SMILES string of the molecule is CN1CCC(ONC(=O)[C@@H]2CC[C@@H]3CN2C(=O)N3OS(=O)(=O)O)C1.O=C(NOC1CCCNC1)[C@@H]1CC[C@@H]2CN1C(=O)N2OS(=O)(=O)O.O=C(NOC1CCNC1)[C@@H]1CC[C@@H]2CN1C(=O)N2OS(=O)(=O)O.O=C(NOCC1CCCCN1)[C@@H]1CC[C@@H]2CN1C(=O)N2OS(=O)(=O)O.O=C(NOCC1CCCN1)[C@@H]1CC[C@@H]2CN1C(=O)N2OS(=O)(=O)O. The van der Waals surface area contributed by atoms with E-state index in [0.29, 0.717) is 122 Å². The summed E-state index contributed by atoms with van der Waals surface area (Å²) >= 11 is 0. The van der Waals surface area contributed by atoms with Crippen LogP contribution in [0.4, 0.5) is 24.0 Å². The van der Waals surface area contributed by atoms with Crippen LogP contribution in [0.2, 0.25) is 0 Å². The van der Waals surface area contributed by atoms with Crippen LogP contribution in [0.5, 0.6) is 0 Å². The third-order valence-corrected chi connectivity index (χ3v) is 23.8. The Morgan fingerprint density at radius 3 is 0.908 bits per heavy atom. The van der Waals surface area contributed by atoms with Crippen molar-refractivity contribution in [3.63, 3.8) is 0 Å². The van der Waals surface area contributed by atoms with Crippen LogP contribution in [0, 0.1) is 0 Å². The average molecular weight is 1820 g/mol. The summed E-state index contributed by atoms with van der Waals surface area (Å²) in [5.41, 5.74) is 11.9. The van der Waals surface area contributed by atoms with Crippen molar-refractivity contribution in [3.8, 4) is 0 Å². The summed E-state index contributed by atoms with van der Waals surface area (Å²) in [5.74, 6) is -2.30. The van der Waals surface area contributed by atoms with Crippen LogP contribution >= 0.6 is 0 Å². The molecule has 15 aliphatic rings. The predicted octanol–water partition coefficient (Wildman–Crippen LogP) is -6.10. The molecular weight excluding hydrogens is 1720 g/mol. The highest BCUT2D eigenvalue weighted by Gasteiger charge is 2.55. The molecule has 14 N–H and O–H groups in total. The summed E-state index contributed by atoms with van der Waals surface area (Å²) in [7, 11) is -22.0. The number of carbonyl (C=O) groups is 10. The topological polar surface area (TPSA) is 679 Å². The molecule has 10 bridgehead atoms. The lowest BCUT2D eigenvalue weighted by atomic mass is 10.0. The number of hydrogen-bond acceptors (Lipinski definition) is 35. The Kier molecular flexibility index (Phi) is 31.5. The number of nitrogens with one attached hydrogen (secondary N) is 9. The van der Waals surface area contributed by atoms with E-state index in [2.05, 4.69) is 75.0 Å². The number of rotatable bonds is 27. The van der Waals surface area contributed by atoms with Crippen molar-refractivity contribution in [1.82, 2.24) is 103 Å². The minimum Gasteiger partial charge on any atom is -0.314 e. The number of urea groups is 5. The summed E-state index contributed by atoms with van der Waals surface area (Å²) in [6, 6.07) is -9.87. The van der Waals surface area contributed by atoms with Crippen LogP contribution in [0.15, 0.2) is 0 Å². The molecule has 15 saturated heterocycles. The average Bonchev–Trinajstić information content (AvgIpc) is 1.65. The number of carbonyl (C=O) groups excluding carboxylic acids is 10. The van der Waals surface area contributed by atoms with E-state index in [1.807, 2.05) is 7.05 Å². The Morgan fingerprint density at radius 2 is 0.633 bits per heavy atom. The van der Waals surface area contributed by atoms with Crippen LogP contribution < -0.4 is 48.7 Å². The van der Waals surface area contributed by atoms with Crippen molar-refractivity contribution in [2.24, 2.45) is 0 Å². The number of fused-ring (bicyclic) bond motifs is 10. The fourth-order valence-electron chi connectivity index (χ4n) is 16.3. The van der Waals surface area contributed by atoms with Crippen LogP contribution in [0.3, 0.4) is 0 Å². The van der Waals surface area contributed by atoms with Gasteiger partial charge in [-0.05, 0) is 149 Å². The Balaban J connectivity index is 0.000000147. The number of nitrogens with zero attached hydrogens (tertiary/aromatic N) is 11. The molecule has 0 spiro atoms. The standard InChI is InChI=1S/C13H22N4O7S.3C12H20N4O7S.C11H18N4O7S/c18-12(15-23-8-9-3-1-2-6-14-9)11-5-4-10-7-16(11)13(19)17(10)24-25(20,21)22;1-14-5-4-9(7-14)22-13-11(17)10-3-2-8-6-15(10)12(18)16(8)23-24(19,20)21;17-11(14-22-9-2-1-5-13-6-9)10-4-3-8-7-15(10)12(18)16(8)23-24(19,20)21;17-11(14-22-7-8-2-1-5-13-8)10-4-3-9-6-15(10)12(18)16(9)23-24(19,20)21;16-10(13-21-8-3-4-12-5-8)9-2-1-7-6-14(9)11(17)15(7)22-23(18,19)20/h9-11,14H,1-8H2,(H,15,18)(H,20,21,22);8-10H,2-7H2,1H3,(H,13,17)(H,19,20,21);2*8-10,13H,1-7H2,(H,14,17)(H,19,20,21);7-9,12H,1-6H2,(H,13,16)(H,18,19,20)/t9?,10-,11+;2*8-,9?,10+;8?,9-,10+;7-,8?,9+/m11111/s1. The molecule has 0 aromatic carbocycles. The lowest BCUT2D eigenvalue weighted by Crippen LogP contribution is -2.51. The number of likely N-dealkylation sites (tertiary alicyclic amines) is 1. The fourth-order valence-corrected chi connectivity index (χ4v) is 18.3. The smallest absolute Gasteiger partial charge is 0.314 e. The lowest BCUT2D eigenvalue weighted by Gasteiger charge is -2.30. The van der Waals surface area contributed by atoms with E-state index in [-0.39, 0.29) is 63.1 Å². The maximum Gasteiger partial charge on any atom is 0.418 e. The van der Waals surface area contributed by atoms with E-state index >= 15 is 0 Å². The Bertz CT molecular complexity index is 4200. The van der Waals surface area contributed by atoms with Crippen LogP contribution in [-0.2, 0) is 122 Å². The first-order valence-corrected chi connectivity index (χ1v) is 45.6. The van der Waals surface area contributed by atoms with Crippen LogP contribution in [-0.4, -0.2) is 375 Å². The number of hydroxylamine groups is 15. The summed E-state index contributed by atoms with van der Waals surface area (Å²) in [5, 5.41) is 15.8. The summed E-state index contributed by atoms with van der Waals surface area (Å²) in [6.07, 6.45) is 11.9. The van der Waals surface area contributed by atoms with Crippen molar-refractivity contribution in [3.05, 3.63) is 0 Å². The third-order valence-electron chi connectivity index (χ3n) is 22.1. The molecule has 680 valence electrons. The maximum atomic E-state index is 12.3. The zero-order valence-electron chi connectivity index (χ0n) is 64.6. The largest absolute Gasteiger partial charge is 0.418 e. The zero-order chi connectivity index (χ0) is 86.8. The zero-order valence-corrected chi connectivity index (χ0v) is 68.7. The first-order chi connectivity index (χ1) is 56.6. The van der Waals surface area contributed by atoms with Gasteiger partial charge in [-0.2, -0.15) is 67.4 Å². The van der Waals surface area contributed by atoms with Gasteiger partial charge in [-0.25, -0.2) is 51.4 Å². The molecule has 120 heavy (non-hydrogen) atoms. The Labute approximate surface area is 688 Å². The van der Waals surface area contributed by atoms with Gasteiger partial charge in [0.15, 0.2) is 0 Å². The molecule has 5 unspecified atom stereocenters. The van der Waals surface area contributed by atoms with Gasteiger partial charge in [-0.3, -0.25) is 70.9 Å². The normalized spacial score (nSPS) is 30.4. The Hall–Kier alpha value is -7.35. The Morgan fingerprint density at radius 1 is 0.342 bits per heavy atom. The molecule has 15 heterocycles. The maximum absolute atomic E-state index is 12.3. The highest BCUT2D eigenvalue weighted by Crippen LogP contribution is 2.36. The molecule has 0 saturated carbocycles. The molecule has 55 nitrogen and oxygen atoms in total. The van der Waals surface area contributed by atoms with E-state index in [4.69, 9.17) is 47.0 Å². The van der Waals surface area contributed by atoms with Gasteiger partial charge >= 0.3 is 82.2 Å². The first-order valence-electron chi connectivity index (χ1n) is 38.7. The molecule has 15 aliphatic heterocycles. The quantitative estimate of drug-likeness (QED) is 0.0269. The second kappa shape index (κ2) is 40.5. The first kappa shape index (κ1) is 93.3. The van der Waals surface area contributed by atoms with Crippen molar-refractivity contribution in [2.75, 3.05) is 105 Å². The second-order valence-electron chi connectivity index (χ2n) is 30.6. The number of hydrogen-bond donors (Lipinski definition) is 14. The van der Waals surface area contributed by atoms with Gasteiger partial charge in [0, 0.05) is 71.0 Å². The van der Waals surface area contributed by atoms with Gasteiger partial charge in [0.2, 0.25) is 0 Å². The number of amides is 15. The highest BCUT2D eigenvalue weighted by atomic mass is 32.3. The van der Waals surface area contributed by atoms with Gasteiger partial charge in [0.05, 0.1) is 61.7 Å². The third kappa shape index (κ3) is 25.4. The predicted molar refractivity (Wildman–Crippen MR) is 393 cm³/mol. The fraction of sp³-hybridized carbons (Fsp3) is 0.833. The second-order valence-corrected chi connectivity index (χ2v) is 35.6. The van der Waals surface area contributed by atoms with Crippen molar-refractivity contribution < 1.29 is 158 Å². The van der Waals surface area contributed by atoms with Gasteiger partial charge in [0.1, 0.15) is 30.2 Å². The molecule has 0 aromatic rings. The molecule has 0 aromatic heterocycles. The van der Waals surface area contributed by atoms with E-state index in [1.54, 1.807) is 0 Å². The van der Waals surface area contributed by atoms with Crippen molar-refractivity contribution in [2.45, 2.75) is 213 Å². The van der Waals surface area contributed by atoms with Crippen molar-refractivity contribution in [1.29, 1.82) is 0 Å². The molecule has 15 atom stereocenters. The molecule has 15 rings (SSSR count). The van der Waals surface area contributed by atoms with Crippen LogP contribution in [0.1, 0.15) is 122 Å². The molecular formula is C60H100N20O35S5. The summed E-state index contributed by atoms with van der Waals surface area (Å²) in [4.78, 5) is 157. The molecule has 0 radical (unpaired) electrons. The lowest BCUT2D eigenvalue weighted by molar-refractivity contribution is -0.144. The number of piperidine rings is 7. The molecule has 15 amide bonds. The molecule has 0 aliphatic carbocycles. The van der Waals surface area contributed by atoms with E-state index in [1.165, 1.54) is 24.5 Å². The van der Waals surface area contributed by atoms with Gasteiger partial charge < -0.3 is 50.7 Å². The highest BCUT2D eigenvalue weighted by molar-refractivity contribution is 7.81. The van der Waals surface area contributed by atoms with E-state index in [0.717, 1.165) is 90.5 Å². The minimum absolute atomic E-state index is 0.0936. The number of likely N-dealkylation sites (N-methyl/N-ethyl adjacent to an activating group) is 1. The van der Waals surface area contributed by atoms with E-state index in [9.17, 15) is 90.0 Å². The van der Waals surface area contributed by atoms with Gasteiger partial charge in [-0.1, -0.05) is 6.42 Å². The van der Waals surface area contributed by atoms with E-state index < -0.39 is 172 Å². The van der Waals surface area contributed by atoms with Crippen molar-refractivity contribution >= 4 is 112 Å². The van der Waals surface area contributed by atoms with Gasteiger partial charge in [0.25, 0.3) is 29.5 Å². The summed E-state index contributed by atoms with van der Waals surface area (Å²) < 4.78 is 174. The minimum atomic E-state index is -4.80.